The Morgan fingerprint density at radius 2 is 1.78 bits per heavy atom. The summed E-state index contributed by atoms with van der Waals surface area (Å²) in [5, 5.41) is -0.227. The number of carbonyl (C=O) groups excluding carboxylic acids is 1. The van der Waals surface area contributed by atoms with E-state index in [2.05, 4.69) is 0 Å². The SMILES string of the molecule is Cc1c(-c2ccc(Cl)c(F)c2)c(OC(=O)N(C)CCS(C)(=O)=O)n(Cc2ccccc2)c1C(F)(F)F. The van der Waals surface area contributed by atoms with Crippen LogP contribution in [0.3, 0.4) is 0 Å². The minimum absolute atomic E-state index is 0.0216. The molecule has 3 aromatic rings. The molecule has 1 heterocycles. The van der Waals surface area contributed by atoms with Crippen molar-refractivity contribution in [2.75, 3.05) is 25.6 Å². The van der Waals surface area contributed by atoms with Gasteiger partial charge in [-0.25, -0.2) is 17.6 Å². The number of carbonyl (C=O) groups is 1. The molecular formula is C24H23ClF4N2O4S. The summed E-state index contributed by atoms with van der Waals surface area (Å²) in [4.78, 5) is 13.8. The molecule has 12 heteroatoms. The van der Waals surface area contributed by atoms with Gasteiger partial charge in [-0.1, -0.05) is 48.0 Å². The average molecular weight is 547 g/mol. The monoisotopic (exact) mass is 546 g/mol. The number of rotatable bonds is 7. The van der Waals surface area contributed by atoms with Crippen LogP contribution in [0.1, 0.15) is 16.8 Å². The molecule has 2 aromatic carbocycles. The molecule has 0 atom stereocenters. The molecule has 0 aliphatic heterocycles. The summed E-state index contributed by atoms with van der Waals surface area (Å²) in [7, 11) is -2.15. The Labute approximate surface area is 211 Å². The van der Waals surface area contributed by atoms with Gasteiger partial charge >= 0.3 is 12.3 Å². The number of hydrogen-bond donors (Lipinski definition) is 0. The lowest BCUT2D eigenvalue weighted by Crippen LogP contribution is -2.34. The summed E-state index contributed by atoms with van der Waals surface area (Å²) in [5.41, 5.74) is -0.971. The summed E-state index contributed by atoms with van der Waals surface area (Å²) >= 11 is 5.76. The zero-order valence-electron chi connectivity index (χ0n) is 19.6. The Bertz CT molecular complexity index is 1370. The third kappa shape index (κ3) is 6.38. The second-order valence-electron chi connectivity index (χ2n) is 8.27. The molecule has 194 valence electrons. The van der Waals surface area contributed by atoms with E-state index in [1.807, 2.05) is 0 Å². The molecule has 1 amide bonds. The van der Waals surface area contributed by atoms with Crippen molar-refractivity contribution in [1.29, 1.82) is 0 Å². The maximum atomic E-state index is 14.3. The van der Waals surface area contributed by atoms with Crippen LogP contribution in [0, 0.1) is 12.7 Å². The van der Waals surface area contributed by atoms with Crippen molar-refractivity contribution in [1.82, 2.24) is 9.47 Å². The topological polar surface area (TPSA) is 68.6 Å². The number of hydrogen-bond acceptors (Lipinski definition) is 4. The molecule has 0 unspecified atom stereocenters. The Morgan fingerprint density at radius 3 is 2.33 bits per heavy atom. The molecule has 0 N–H and O–H groups in total. The molecule has 3 rings (SSSR count). The summed E-state index contributed by atoms with van der Waals surface area (Å²) < 4.78 is 86.3. The van der Waals surface area contributed by atoms with E-state index < -0.39 is 39.5 Å². The molecule has 0 aliphatic rings. The van der Waals surface area contributed by atoms with E-state index in [4.69, 9.17) is 16.3 Å². The highest BCUT2D eigenvalue weighted by Gasteiger charge is 2.41. The number of amides is 1. The van der Waals surface area contributed by atoms with Crippen LogP contribution in [0.4, 0.5) is 22.4 Å². The maximum absolute atomic E-state index is 14.3. The van der Waals surface area contributed by atoms with Gasteiger partial charge in [-0.15, -0.1) is 0 Å². The molecular weight excluding hydrogens is 524 g/mol. The zero-order valence-corrected chi connectivity index (χ0v) is 21.1. The quantitative estimate of drug-likeness (QED) is 0.351. The number of halogens is 5. The summed E-state index contributed by atoms with van der Waals surface area (Å²) in [6.45, 7) is 0.659. The fourth-order valence-electron chi connectivity index (χ4n) is 3.65. The van der Waals surface area contributed by atoms with Crippen LogP contribution >= 0.6 is 11.6 Å². The first kappa shape index (κ1) is 27.5. The van der Waals surface area contributed by atoms with Gasteiger partial charge in [0.05, 0.1) is 17.3 Å². The Morgan fingerprint density at radius 1 is 1.14 bits per heavy atom. The molecule has 0 saturated heterocycles. The normalized spacial score (nSPS) is 12.0. The molecule has 0 aliphatic carbocycles. The summed E-state index contributed by atoms with van der Waals surface area (Å²) in [5.74, 6) is -1.69. The second kappa shape index (κ2) is 10.5. The Balaban J connectivity index is 2.21. The van der Waals surface area contributed by atoms with Gasteiger partial charge in [0.2, 0.25) is 5.88 Å². The molecule has 1 aromatic heterocycles. The van der Waals surface area contributed by atoms with Gasteiger partial charge < -0.3 is 14.2 Å². The van der Waals surface area contributed by atoms with E-state index in [9.17, 15) is 30.8 Å². The fraction of sp³-hybridized carbons (Fsp3) is 0.292. The van der Waals surface area contributed by atoms with Crippen molar-refractivity contribution in [2.45, 2.75) is 19.6 Å². The van der Waals surface area contributed by atoms with Crippen LogP contribution in [0.15, 0.2) is 48.5 Å². The maximum Gasteiger partial charge on any atom is 0.431 e. The predicted octanol–water partition coefficient (Wildman–Crippen LogP) is 5.80. The van der Waals surface area contributed by atoms with Crippen molar-refractivity contribution in [2.24, 2.45) is 0 Å². The lowest BCUT2D eigenvalue weighted by Gasteiger charge is -2.19. The van der Waals surface area contributed by atoms with Crippen molar-refractivity contribution in [3.05, 3.63) is 76.2 Å². The standard InChI is InChI=1S/C24H23ClF4N2O4S/c1-15-20(17-9-10-18(25)19(26)13-17)22(35-23(32)30(2)11-12-36(3,33)34)31(21(15)24(27,28)29)14-16-7-5-4-6-8-16/h4-10,13H,11-12,14H2,1-3H3. The van der Waals surface area contributed by atoms with E-state index >= 15 is 0 Å². The van der Waals surface area contributed by atoms with Gasteiger partial charge in [0, 0.05) is 25.4 Å². The molecule has 6 nitrogen and oxygen atoms in total. The lowest BCUT2D eigenvalue weighted by molar-refractivity contribution is -0.144. The van der Waals surface area contributed by atoms with E-state index in [-0.39, 0.29) is 40.6 Å². The number of benzene rings is 2. The van der Waals surface area contributed by atoms with Crippen LogP contribution in [-0.2, 0) is 22.6 Å². The molecule has 0 saturated carbocycles. The molecule has 0 spiro atoms. The highest BCUT2D eigenvalue weighted by molar-refractivity contribution is 7.90. The first-order chi connectivity index (χ1) is 16.7. The second-order valence-corrected chi connectivity index (χ2v) is 10.9. The van der Waals surface area contributed by atoms with Crippen molar-refractivity contribution in [3.63, 3.8) is 0 Å². The fourth-order valence-corrected chi connectivity index (χ4v) is 4.38. The molecule has 0 radical (unpaired) electrons. The van der Waals surface area contributed by atoms with E-state index in [1.54, 1.807) is 30.3 Å². The number of sulfone groups is 1. The van der Waals surface area contributed by atoms with Crippen LogP contribution in [0.2, 0.25) is 5.02 Å². The first-order valence-corrected chi connectivity index (χ1v) is 13.0. The Hall–Kier alpha value is -3.05. The van der Waals surface area contributed by atoms with Gasteiger partial charge in [0.1, 0.15) is 21.3 Å². The summed E-state index contributed by atoms with van der Waals surface area (Å²) in [6.07, 6.45) is -4.93. The highest BCUT2D eigenvalue weighted by atomic mass is 35.5. The van der Waals surface area contributed by atoms with Crippen LogP contribution in [0.5, 0.6) is 5.88 Å². The minimum atomic E-state index is -4.84. The van der Waals surface area contributed by atoms with Crippen molar-refractivity contribution >= 4 is 27.5 Å². The van der Waals surface area contributed by atoms with Crippen molar-refractivity contribution < 1.29 is 35.5 Å². The van der Waals surface area contributed by atoms with E-state index in [0.717, 1.165) is 21.8 Å². The Kier molecular flexibility index (Phi) is 8.04. The van der Waals surface area contributed by atoms with Gasteiger partial charge in [-0.2, -0.15) is 13.2 Å². The van der Waals surface area contributed by atoms with Gasteiger partial charge in [0.25, 0.3) is 0 Å². The number of ether oxygens (including phenoxy) is 1. The molecule has 0 fully saturated rings. The summed E-state index contributed by atoms with van der Waals surface area (Å²) in [6, 6.07) is 11.7. The van der Waals surface area contributed by atoms with Gasteiger partial charge in [0.15, 0.2) is 0 Å². The average Bonchev–Trinajstić information content (AvgIpc) is 3.05. The van der Waals surface area contributed by atoms with Gasteiger partial charge in [-0.05, 0) is 35.7 Å². The van der Waals surface area contributed by atoms with Crippen LogP contribution < -0.4 is 4.74 Å². The molecule has 36 heavy (non-hydrogen) atoms. The number of aromatic nitrogens is 1. The smallest absolute Gasteiger partial charge is 0.392 e. The third-order valence-electron chi connectivity index (χ3n) is 5.41. The predicted molar refractivity (Wildman–Crippen MR) is 128 cm³/mol. The largest absolute Gasteiger partial charge is 0.431 e. The highest BCUT2D eigenvalue weighted by Crippen LogP contribution is 2.45. The van der Waals surface area contributed by atoms with Crippen LogP contribution in [-0.4, -0.2) is 49.6 Å². The minimum Gasteiger partial charge on any atom is -0.392 e. The lowest BCUT2D eigenvalue weighted by atomic mass is 10.0. The van der Waals surface area contributed by atoms with Crippen LogP contribution in [0.25, 0.3) is 11.1 Å². The zero-order chi connectivity index (χ0) is 26.8. The number of nitrogens with zero attached hydrogens (tertiary/aromatic N) is 2. The first-order valence-electron chi connectivity index (χ1n) is 10.6. The van der Waals surface area contributed by atoms with Gasteiger partial charge in [-0.3, -0.25) is 0 Å². The van der Waals surface area contributed by atoms with E-state index in [1.165, 1.54) is 26.1 Å². The van der Waals surface area contributed by atoms with E-state index in [0.29, 0.717) is 5.56 Å². The molecule has 0 bridgehead atoms. The third-order valence-corrected chi connectivity index (χ3v) is 6.64. The number of alkyl halides is 3. The van der Waals surface area contributed by atoms with Crippen molar-refractivity contribution in [3.8, 4) is 17.0 Å².